The molecule has 0 spiro atoms. The number of non-ortho nitro benzene ring substituents is 1. The number of methoxy groups -OCH3 is 1. The smallest absolute Gasteiger partial charge is 0.269 e. The number of carbonyl (C=O) groups excluding carboxylic acids is 1. The molecule has 1 atom stereocenters. The number of ether oxygens (including phenoxy) is 1. The second-order valence-electron chi connectivity index (χ2n) is 5.46. The maximum absolute atomic E-state index is 11.9. The first-order chi connectivity index (χ1) is 11.6. The van der Waals surface area contributed by atoms with Gasteiger partial charge in [0.1, 0.15) is 5.75 Å². The van der Waals surface area contributed by atoms with Gasteiger partial charge in [-0.2, -0.15) is 0 Å². The van der Waals surface area contributed by atoms with E-state index in [2.05, 4.69) is 0 Å². The van der Waals surface area contributed by atoms with Crippen molar-refractivity contribution < 1.29 is 14.5 Å². The molecule has 2 aromatic carbocycles. The average Bonchev–Trinajstić information content (AvgIpc) is 2.62. The molecule has 6 heteroatoms. The Morgan fingerprint density at radius 2 is 1.79 bits per heavy atom. The van der Waals surface area contributed by atoms with E-state index in [9.17, 15) is 14.9 Å². The number of hydrogen-bond acceptors (Lipinski definition) is 5. The molecule has 24 heavy (non-hydrogen) atoms. The Bertz CT molecular complexity index is 782. The van der Waals surface area contributed by atoms with E-state index in [1.807, 2.05) is 29.2 Å². The lowest BCUT2D eigenvalue weighted by atomic mass is 9.96. The van der Waals surface area contributed by atoms with Gasteiger partial charge in [-0.25, -0.2) is 0 Å². The number of hydrogen-bond donors (Lipinski definition) is 0. The minimum absolute atomic E-state index is 0.0307. The highest BCUT2D eigenvalue weighted by atomic mass is 16.6. The van der Waals surface area contributed by atoms with Gasteiger partial charge in [-0.15, -0.1) is 0 Å². The highest BCUT2D eigenvalue weighted by Crippen LogP contribution is 2.34. The average molecular weight is 324 g/mol. The SMILES string of the molecule is COc1ccc(N2C=CC(=O)CC2c2ccc([N+](=O)[O-])cc2)cc1. The number of anilines is 1. The van der Waals surface area contributed by atoms with E-state index in [0.717, 1.165) is 17.0 Å². The lowest BCUT2D eigenvalue weighted by Gasteiger charge is -2.33. The summed E-state index contributed by atoms with van der Waals surface area (Å²) in [6.07, 6.45) is 3.62. The number of rotatable bonds is 4. The summed E-state index contributed by atoms with van der Waals surface area (Å²) in [6.45, 7) is 0. The topological polar surface area (TPSA) is 72.7 Å². The van der Waals surface area contributed by atoms with E-state index in [4.69, 9.17) is 4.74 Å². The van der Waals surface area contributed by atoms with E-state index in [-0.39, 0.29) is 17.5 Å². The van der Waals surface area contributed by atoms with Gasteiger partial charge < -0.3 is 9.64 Å². The first-order valence-corrected chi connectivity index (χ1v) is 7.46. The molecule has 122 valence electrons. The van der Waals surface area contributed by atoms with Crippen molar-refractivity contribution in [3.8, 4) is 5.75 Å². The fourth-order valence-corrected chi connectivity index (χ4v) is 2.74. The van der Waals surface area contributed by atoms with Crippen LogP contribution in [-0.2, 0) is 4.79 Å². The summed E-state index contributed by atoms with van der Waals surface area (Å²) in [6, 6.07) is 13.7. The van der Waals surface area contributed by atoms with Gasteiger partial charge in [-0.05, 0) is 35.9 Å². The zero-order chi connectivity index (χ0) is 17.1. The zero-order valence-corrected chi connectivity index (χ0v) is 13.1. The first-order valence-electron chi connectivity index (χ1n) is 7.46. The second kappa shape index (κ2) is 6.54. The van der Waals surface area contributed by atoms with E-state index < -0.39 is 4.92 Å². The standard InChI is InChI=1S/C18H16N2O4/c1-24-17-8-6-14(7-9-17)19-11-10-16(21)12-18(19)13-2-4-15(5-3-13)20(22)23/h2-11,18H,12H2,1H3. The number of allylic oxidation sites excluding steroid dienone is 1. The molecule has 1 aliphatic rings. The molecule has 0 amide bonds. The van der Waals surface area contributed by atoms with E-state index in [1.165, 1.54) is 12.1 Å². The van der Waals surface area contributed by atoms with Crippen molar-refractivity contribution >= 4 is 17.2 Å². The van der Waals surface area contributed by atoms with Crippen LogP contribution in [0.5, 0.6) is 5.75 Å². The molecule has 1 aliphatic heterocycles. The molecular weight excluding hydrogens is 308 g/mol. The van der Waals surface area contributed by atoms with Gasteiger partial charge >= 0.3 is 0 Å². The monoisotopic (exact) mass is 324 g/mol. The predicted molar refractivity (Wildman–Crippen MR) is 90.1 cm³/mol. The lowest BCUT2D eigenvalue weighted by Crippen LogP contribution is -2.28. The van der Waals surface area contributed by atoms with E-state index >= 15 is 0 Å². The van der Waals surface area contributed by atoms with Crippen LogP contribution in [0.3, 0.4) is 0 Å². The largest absolute Gasteiger partial charge is 0.497 e. The molecule has 0 aliphatic carbocycles. The molecule has 1 heterocycles. The number of nitrogens with zero attached hydrogens (tertiary/aromatic N) is 2. The number of nitro groups is 1. The fourth-order valence-electron chi connectivity index (χ4n) is 2.74. The molecule has 0 aromatic heterocycles. The Morgan fingerprint density at radius 1 is 1.12 bits per heavy atom. The third kappa shape index (κ3) is 3.12. The lowest BCUT2D eigenvalue weighted by molar-refractivity contribution is -0.384. The molecule has 6 nitrogen and oxygen atoms in total. The van der Waals surface area contributed by atoms with Crippen LogP contribution in [0.2, 0.25) is 0 Å². The third-order valence-corrected chi connectivity index (χ3v) is 4.01. The van der Waals surface area contributed by atoms with Crippen molar-refractivity contribution in [1.29, 1.82) is 0 Å². The van der Waals surface area contributed by atoms with Crippen LogP contribution in [0.4, 0.5) is 11.4 Å². The summed E-state index contributed by atoms with van der Waals surface area (Å²) in [5, 5.41) is 10.8. The summed E-state index contributed by atoms with van der Waals surface area (Å²) in [4.78, 5) is 24.2. The predicted octanol–water partition coefficient (Wildman–Crippen LogP) is 3.64. The van der Waals surface area contributed by atoms with Crippen LogP contribution in [-0.4, -0.2) is 17.8 Å². The number of ketones is 1. The highest BCUT2D eigenvalue weighted by molar-refractivity contribution is 5.92. The number of nitro benzene ring substituents is 1. The van der Waals surface area contributed by atoms with Crippen molar-refractivity contribution in [2.24, 2.45) is 0 Å². The summed E-state index contributed by atoms with van der Waals surface area (Å²) in [7, 11) is 1.61. The van der Waals surface area contributed by atoms with Crippen LogP contribution in [0, 0.1) is 10.1 Å². The number of carbonyl (C=O) groups is 1. The zero-order valence-electron chi connectivity index (χ0n) is 13.1. The van der Waals surface area contributed by atoms with Gasteiger partial charge in [0, 0.05) is 30.4 Å². The normalized spacial score (nSPS) is 17.0. The Hall–Kier alpha value is -3.15. The Labute approximate surface area is 139 Å². The molecule has 1 unspecified atom stereocenters. The summed E-state index contributed by atoms with van der Waals surface area (Å²) in [5.41, 5.74) is 1.81. The van der Waals surface area contributed by atoms with Gasteiger partial charge in [0.05, 0.1) is 18.1 Å². The van der Waals surface area contributed by atoms with Crippen molar-refractivity contribution in [1.82, 2.24) is 0 Å². The molecule has 0 fully saturated rings. The molecule has 0 bridgehead atoms. The Balaban J connectivity index is 1.94. The van der Waals surface area contributed by atoms with Crippen LogP contribution in [0.15, 0.2) is 60.8 Å². The van der Waals surface area contributed by atoms with Gasteiger partial charge in [-0.1, -0.05) is 12.1 Å². The van der Waals surface area contributed by atoms with E-state index in [1.54, 1.807) is 31.5 Å². The van der Waals surface area contributed by atoms with Crippen LogP contribution in [0.1, 0.15) is 18.0 Å². The van der Waals surface area contributed by atoms with Gasteiger partial charge in [0.15, 0.2) is 5.78 Å². The maximum atomic E-state index is 11.9. The van der Waals surface area contributed by atoms with Crippen molar-refractivity contribution in [2.45, 2.75) is 12.5 Å². The van der Waals surface area contributed by atoms with Crippen LogP contribution in [0.25, 0.3) is 0 Å². The fraction of sp³-hybridized carbons (Fsp3) is 0.167. The molecule has 0 saturated carbocycles. The summed E-state index contributed by atoms with van der Waals surface area (Å²) < 4.78 is 5.17. The van der Waals surface area contributed by atoms with Crippen molar-refractivity contribution in [3.63, 3.8) is 0 Å². The highest BCUT2D eigenvalue weighted by Gasteiger charge is 2.25. The minimum atomic E-state index is -0.434. The van der Waals surface area contributed by atoms with Crippen LogP contribution < -0.4 is 9.64 Å². The minimum Gasteiger partial charge on any atom is -0.497 e. The van der Waals surface area contributed by atoms with E-state index in [0.29, 0.717) is 6.42 Å². The molecule has 0 saturated heterocycles. The maximum Gasteiger partial charge on any atom is 0.269 e. The molecule has 2 aromatic rings. The van der Waals surface area contributed by atoms with Gasteiger partial charge in [0.25, 0.3) is 5.69 Å². The van der Waals surface area contributed by atoms with Gasteiger partial charge in [0.2, 0.25) is 0 Å². The molecular formula is C18H16N2O4. The molecule has 0 radical (unpaired) electrons. The Morgan fingerprint density at radius 3 is 2.38 bits per heavy atom. The van der Waals surface area contributed by atoms with Gasteiger partial charge in [-0.3, -0.25) is 14.9 Å². The molecule has 0 N–H and O–H groups in total. The summed E-state index contributed by atoms with van der Waals surface area (Å²) in [5.74, 6) is 0.783. The second-order valence-corrected chi connectivity index (χ2v) is 5.46. The first kappa shape index (κ1) is 15.7. The number of benzene rings is 2. The van der Waals surface area contributed by atoms with Crippen LogP contribution >= 0.6 is 0 Å². The van der Waals surface area contributed by atoms with Crippen molar-refractivity contribution in [2.75, 3.05) is 12.0 Å². The Kier molecular flexibility index (Phi) is 4.29. The third-order valence-electron chi connectivity index (χ3n) is 4.01. The van der Waals surface area contributed by atoms with Crippen molar-refractivity contribution in [3.05, 3.63) is 76.5 Å². The quantitative estimate of drug-likeness (QED) is 0.634. The molecule has 3 rings (SSSR count). The summed E-state index contributed by atoms with van der Waals surface area (Å²) >= 11 is 0.